The number of hydrogen-bond donors (Lipinski definition) is 1. The molecule has 0 atom stereocenters. The van der Waals surface area contributed by atoms with Gasteiger partial charge in [0, 0.05) is 16.4 Å². The van der Waals surface area contributed by atoms with Crippen molar-refractivity contribution < 1.29 is 0 Å². The molecule has 0 spiro atoms. The summed E-state index contributed by atoms with van der Waals surface area (Å²) >= 11 is 3.53. The number of nitrogens with zero attached hydrogens (tertiary/aromatic N) is 1. The molecule has 2 aromatic rings. The molecular formula is C13H15BrN2. The summed E-state index contributed by atoms with van der Waals surface area (Å²) in [5.41, 5.74) is 2.38. The first-order valence-electron chi connectivity index (χ1n) is 5.57. The van der Waals surface area contributed by atoms with Gasteiger partial charge in [0.25, 0.3) is 0 Å². The van der Waals surface area contributed by atoms with Crippen LogP contribution in [0.15, 0.2) is 28.7 Å². The summed E-state index contributed by atoms with van der Waals surface area (Å²) in [5, 5.41) is 4.43. The van der Waals surface area contributed by atoms with Gasteiger partial charge in [0.15, 0.2) is 0 Å². The summed E-state index contributed by atoms with van der Waals surface area (Å²) in [6.07, 6.45) is 0.999. The number of hydrogen-bond acceptors (Lipinski definition) is 2. The third kappa shape index (κ3) is 2.19. The Labute approximate surface area is 104 Å². The molecule has 1 aromatic carbocycles. The van der Waals surface area contributed by atoms with Gasteiger partial charge in [-0.2, -0.15) is 0 Å². The van der Waals surface area contributed by atoms with Crippen molar-refractivity contribution in [1.29, 1.82) is 0 Å². The lowest BCUT2D eigenvalue weighted by Crippen LogP contribution is -1.99. The number of nitrogens with one attached hydrogen (secondary N) is 1. The van der Waals surface area contributed by atoms with Crippen molar-refractivity contribution in [3.05, 3.63) is 34.3 Å². The van der Waals surface area contributed by atoms with Crippen molar-refractivity contribution in [3.63, 3.8) is 0 Å². The van der Waals surface area contributed by atoms with Crippen LogP contribution in [0.3, 0.4) is 0 Å². The number of pyridine rings is 1. The first kappa shape index (κ1) is 11.4. The zero-order chi connectivity index (χ0) is 11.5. The van der Waals surface area contributed by atoms with Crippen LogP contribution in [0.2, 0.25) is 0 Å². The smallest absolute Gasteiger partial charge is 0.126 e. The maximum absolute atomic E-state index is 4.64. The molecule has 0 aliphatic rings. The van der Waals surface area contributed by atoms with E-state index in [-0.39, 0.29) is 0 Å². The quantitative estimate of drug-likeness (QED) is 0.918. The Hall–Kier alpha value is -1.09. The lowest BCUT2D eigenvalue weighted by Gasteiger charge is -2.08. The molecule has 0 saturated carbocycles. The Morgan fingerprint density at radius 2 is 2.06 bits per heavy atom. The van der Waals surface area contributed by atoms with Crippen LogP contribution in [0.4, 0.5) is 5.82 Å². The minimum absolute atomic E-state index is 0.899. The second-order valence-electron chi connectivity index (χ2n) is 3.72. The number of anilines is 1. The molecule has 16 heavy (non-hydrogen) atoms. The van der Waals surface area contributed by atoms with Crippen LogP contribution >= 0.6 is 15.9 Å². The molecule has 0 aliphatic heterocycles. The molecule has 0 amide bonds. The third-order valence-electron chi connectivity index (χ3n) is 2.57. The van der Waals surface area contributed by atoms with Gasteiger partial charge in [0.2, 0.25) is 0 Å². The number of fused-ring (bicyclic) bond motifs is 1. The maximum atomic E-state index is 4.64. The van der Waals surface area contributed by atoms with E-state index in [4.69, 9.17) is 0 Å². The van der Waals surface area contributed by atoms with Crippen LogP contribution in [0.25, 0.3) is 10.9 Å². The van der Waals surface area contributed by atoms with Crippen LogP contribution < -0.4 is 5.32 Å². The number of benzene rings is 1. The largest absolute Gasteiger partial charge is 0.370 e. The summed E-state index contributed by atoms with van der Waals surface area (Å²) in [7, 11) is 0. The molecule has 2 nitrogen and oxygen atoms in total. The Bertz CT molecular complexity index is 509. The third-order valence-corrected chi connectivity index (χ3v) is 3.03. The zero-order valence-corrected chi connectivity index (χ0v) is 11.1. The van der Waals surface area contributed by atoms with Crippen LogP contribution in [0.1, 0.15) is 19.4 Å². The van der Waals surface area contributed by atoms with E-state index in [2.05, 4.69) is 58.3 Å². The highest BCUT2D eigenvalue weighted by Gasteiger charge is 2.04. The van der Waals surface area contributed by atoms with Gasteiger partial charge in [-0.25, -0.2) is 4.98 Å². The van der Waals surface area contributed by atoms with Crippen LogP contribution in [0, 0.1) is 0 Å². The Kier molecular flexibility index (Phi) is 3.44. The molecule has 2 rings (SSSR count). The predicted octanol–water partition coefficient (Wildman–Crippen LogP) is 3.99. The van der Waals surface area contributed by atoms with E-state index in [0.717, 1.165) is 28.8 Å². The molecule has 0 unspecified atom stereocenters. The molecule has 0 fully saturated rings. The lowest BCUT2D eigenvalue weighted by atomic mass is 10.1. The van der Waals surface area contributed by atoms with Gasteiger partial charge in [0.05, 0.1) is 5.52 Å². The Balaban J connectivity index is 2.61. The predicted molar refractivity (Wildman–Crippen MR) is 73.0 cm³/mol. The molecule has 0 aliphatic carbocycles. The number of halogens is 1. The fourth-order valence-corrected chi connectivity index (χ4v) is 2.34. The fourth-order valence-electron chi connectivity index (χ4n) is 1.82. The van der Waals surface area contributed by atoms with Crippen LogP contribution in [-0.4, -0.2) is 11.5 Å². The maximum Gasteiger partial charge on any atom is 0.126 e. The van der Waals surface area contributed by atoms with E-state index in [1.807, 2.05) is 6.07 Å². The Morgan fingerprint density at radius 3 is 2.75 bits per heavy atom. The van der Waals surface area contributed by atoms with Gasteiger partial charge in [0.1, 0.15) is 5.82 Å². The van der Waals surface area contributed by atoms with Crippen molar-refractivity contribution >= 4 is 32.7 Å². The molecule has 0 radical (unpaired) electrons. The Morgan fingerprint density at radius 1 is 1.25 bits per heavy atom. The highest BCUT2D eigenvalue weighted by molar-refractivity contribution is 9.10. The first-order chi connectivity index (χ1) is 7.74. The molecular weight excluding hydrogens is 264 g/mol. The van der Waals surface area contributed by atoms with E-state index in [0.29, 0.717) is 0 Å². The minimum atomic E-state index is 0.899. The van der Waals surface area contributed by atoms with Crippen molar-refractivity contribution in [3.8, 4) is 0 Å². The number of aryl methyl sites for hydroxylation is 1. The van der Waals surface area contributed by atoms with E-state index >= 15 is 0 Å². The second kappa shape index (κ2) is 4.83. The number of rotatable bonds is 3. The van der Waals surface area contributed by atoms with Gasteiger partial charge in [-0.1, -0.05) is 22.9 Å². The van der Waals surface area contributed by atoms with Crippen molar-refractivity contribution in [1.82, 2.24) is 4.98 Å². The molecule has 3 heteroatoms. The fraction of sp³-hybridized carbons (Fsp3) is 0.308. The standard InChI is InChI=1S/C13H15BrN2/c1-3-9-7-11(14)8-10-5-6-12(15-4-2)16-13(9)10/h5-8H,3-4H2,1-2H3,(H,15,16). The molecule has 84 valence electrons. The van der Waals surface area contributed by atoms with E-state index in [1.165, 1.54) is 10.9 Å². The summed E-state index contributed by atoms with van der Waals surface area (Å²) in [5.74, 6) is 0.951. The monoisotopic (exact) mass is 278 g/mol. The summed E-state index contributed by atoms with van der Waals surface area (Å²) < 4.78 is 1.12. The minimum Gasteiger partial charge on any atom is -0.370 e. The molecule has 1 N–H and O–H groups in total. The average molecular weight is 279 g/mol. The first-order valence-corrected chi connectivity index (χ1v) is 6.37. The summed E-state index contributed by atoms with van der Waals surface area (Å²) in [4.78, 5) is 4.64. The van der Waals surface area contributed by atoms with Crippen LogP contribution in [-0.2, 0) is 6.42 Å². The van der Waals surface area contributed by atoms with Gasteiger partial charge in [-0.3, -0.25) is 0 Å². The zero-order valence-electron chi connectivity index (χ0n) is 9.55. The summed E-state index contributed by atoms with van der Waals surface area (Å²) in [6.45, 7) is 5.13. The summed E-state index contributed by atoms with van der Waals surface area (Å²) in [6, 6.07) is 8.39. The molecule has 1 heterocycles. The van der Waals surface area contributed by atoms with Crippen molar-refractivity contribution in [2.24, 2.45) is 0 Å². The van der Waals surface area contributed by atoms with Gasteiger partial charge in [-0.15, -0.1) is 0 Å². The number of aromatic nitrogens is 1. The lowest BCUT2D eigenvalue weighted by molar-refractivity contribution is 1.13. The molecule has 0 bridgehead atoms. The highest BCUT2D eigenvalue weighted by atomic mass is 79.9. The average Bonchev–Trinajstić information content (AvgIpc) is 2.29. The molecule has 0 saturated heterocycles. The normalized spacial score (nSPS) is 10.7. The molecule has 1 aromatic heterocycles. The van der Waals surface area contributed by atoms with E-state index in [9.17, 15) is 0 Å². The SMILES string of the molecule is CCNc1ccc2cc(Br)cc(CC)c2n1. The second-order valence-corrected chi connectivity index (χ2v) is 4.63. The van der Waals surface area contributed by atoms with E-state index in [1.54, 1.807) is 0 Å². The van der Waals surface area contributed by atoms with E-state index < -0.39 is 0 Å². The van der Waals surface area contributed by atoms with Gasteiger partial charge in [-0.05, 0) is 43.2 Å². The van der Waals surface area contributed by atoms with Crippen molar-refractivity contribution in [2.45, 2.75) is 20.3 Å². The van der Waals surface area contributed by atoms with Crippen LogP contribution in [0.5, 0.6) is 0 Å². The van der Waals surface area contributed by atoms with Crippen molar-refractivity contribution in [2.75, 3.05) is 11.9 Å². The van der Waals surface area contributed by atoms with Gasteiger partial charge >= 0.3 is 0 Å². The highest BCUT2D eigenvalue weighted by Crippen LogP contribution is 2.24. The topological polar surface area (TPSA) is 24.9 Å². The van der Waals surface area contributed by atoms with Gasteiger partial charge < -0.3 is 5.32 Å².